The lowest BCUT2D eigenvalue weighted by Gasteiger charge is -2.23. The van der Waals surface area contributed by atoms with Crippen LogP contribution in [0.15, 0.2) is 33.4 Å². The summed E-state index contributed by atoms with van der Waals surface area (Å²) < 4.78 is 15.3. The van der Waals surface area contributed by atoms with Crippen LogP contribution in [0, 0.1) is 5.82 Å². The van der Waals surface area contributed by atoms with Gasteiger partial charge in [-0.15, -0.1) is 11.3 Å². The molecule has 1 unspecified atom stereocenters. The third kappa shape index (κ3) is 3.81. The first-order chi connectivity index (χ1) is 9.47. The van der Waals surface area contributed by atoms with E-state index in [0.29, 0.717) is 18.7 Å². The molecule has 0 aliphatic heterocycles. The van der Waals surface area contributed by atoms with E-state index in [4.69, 9.17) is 5.73 Å². The maximum atomic E-state index is 14.2. The summed E-state index contributed by atoms with van der Waals surface area (Å²) >= 11 is 5.09. The summed E-state index contributed by atoms with van der Waals surface area (Å²) in [4.78, 5) is 1.95. The van der Waals surface area contributed by atoms with Crippen LogP contribution in [0.3, 0.4) is 0 Å². The van der Waals surface area contributed by atoms with E-state index < -0.39 is 0 Å². The zero-order valence-corrected chi connectivity index (χ0v) is 14.0. The van der Waals surface area contributed by atoms with E-state index in [1.807, 2.05) is 24.9 Å². The molecule has 0 amide bonds. The van der Waals surface area contributed by atoms with Crippen molar-refractivity contribution in [1.29, 1.82) is 0 Å². The summed E-state index contributed by atoms with van der Waals surface area (Å²) in [7, 11) is 1.91. The molecule has 0 spiro atoms. The van der Waals surface area contributed by atoms with E-state index in [0.717, 1.165) is 9.35 Å². The van der Waals surface area contributed by atoms with Crippen molar-refractivity contribution in [2.45, 2.75) is 25.9 Å². The molecule has 1 aromatic carbocycles. The zero-order chi connectivity index (χ0) is 14.7. The third-order valence-electron chi connectivity index (χ3n) is 3.04. The van der Waals surface area contributed by atoms with Gasteiger partial charge in [-0.05, 0) is 57.9 Å². The fourth-order valence-electron chi connectivity index (χ4n) is 2.28. The molecule has 1 aromatic heterocycles. The van der Waals surface area contributed by atoms with Crippen LogP contribution in [0.2, 0.25) is 0 Å². The normalized spacial score (nSPS) is 12.4. The van der Waals surface area contributed by atoms with Gasteiger partial charge in [0.1, 0.15) is 5.82 Å². The molecule has 0 aliphatic rings. The summed E-state index contributed by atoms with van der Waals surface area (Å²) in [5.41, 5.74) is 8.62. The first kappa shape index (κ1) is 15.5. The lowest BCUT2D eigenvalue weighted by molar-refractivity contribution is 0.616. The van der Waals surface area contributed by atoms with Crippen molar-refractivity contribution in [2.24, 2.45) is 5.73 Å². The lowest BCUT2D eigenvalue weighted by Crippen LogP contribution is -2.23. The number of halogens is 2. The Kier molecular flexibility index (Phi) is 5.18. The molecule has 2 nitrogen and oxygen atoms in total. The Balaban J connectivity index is 2.25. The highest BCUT2D eigenvalue weighted by molar-refractivity contribution is 9.11. The molecule has 0 saturated heterocycles. The van der Waals surface area contributed by atoms with Crippen molar-refractivity contribution in [3.63, 3.8) is 0 Å². The molecule has 0 fully saturated rings. The molecule has 0 saturated carbocycles. The van der Waals surface area contributed by atoms with Gasteiger partial charge in [-0.2, -0.15) is 0 Å². The van der Waals surface area contributed by atoms with Crippen molar-refractivity contribution in [3.8, 4) is 0 Å². The number of hydrogen-bond donors (Lipinski definition) is 1. The van der Waals surface area contributed by atoms with Crippen molar-refractivity contribution in [2.75, 3.05) is 11.9 Å². The van der Waals surface area contributed by atoms with Crippen LogP contribution in [0.5, 0.6) is 0 Å². The first-order valence-corrected chi connectivity index (χ1v) is 8.11. The van der Waals surface area contributed by atoms with Crippen LogP contribution >= 0.6 is 27.3 Å². The molecule has 2 N–H and O–H groups in total. The Morgan fingerprint density at radius 1 is 1.45 bits per heavy atom. The van der Waals surface area contributed by atoms with Crippen LogP contribution in [-0.4, -0.2) is 13.1 Å². The molecule has 20 heavy (non-hydrogen) atoms. The Bertz CT molecular complexity index is 583. The summed E-state index contributed by atoms with van der Waals surface area (Å²) in [5.74, 6) is -0.194. The average Bonchev–Trinajstić information content (AvgIpc) is 2.73. The number of hydrogen-bond acceptors (Lipinski definition) is 3. The van der Waals surface area contributed by atoms with E-state index >= 15 is 0 Å². The SMILES string of the molecule is CC(N)Cc1cccc(F)c1N(C)Cc1csc(Br)c1. The van der Waals surface area contributed by atoms with Crippen molar-refractivity contribution in [3.05, 3.63) is 50.4 Å². The molecule has 0 bridgehead atoms. The predicted octanol–water partition coefficient (Wildman–Crippen LogP) is 4.18. The van der Waals surface area contributed by atoms with Gasteiger partial charge >= 0.3 is 0 Å². The highest BCUT2D eigenvalue weighted by atomic mass is 79.9. The Morgan fingerprint density at radius 3 is 2.80 bits per heavy atom. The average molecular weight is 357 g/mol. The van der Waals surface area contributed by atoms with Gasteiger partial charge in [0.05, 0.1) is 9.47 Å². The van der Waals surface area contributed by atoms with E-state index in [9.17, 15) is 4.39 Å². The smallest absolute Gasteiger partial charge is 0.146 e. The highest BCUT2D eigenvalue weighted by Gasteiger charge is 2.14. The minimum Gasteiger partial charge on any atom is -0.368 e. The number of benzene rings is 1. The second kappa shape index (κ2) is 6.70. The van der Waals surface area contributed by atoms with Gasteiger partial charge in [0.15, 0.2) is 0 Å². The van der Waals surface area contributed by atoms with Gasteiger partial charge in [-0.25, -0.2) is 4.39 Å². The number of nitrogens with two attached hydrogens (primary N) is 1. The number of rotatable bonds is 5. The number of anilines is 1. The first-order valence-electron chi connectivity index (χ1n) is 6.44. The van der Waals surface area contributed by atoms with Gasteiger partial charge in [-0.3, -0.25) is 0 Å². The molecule has 1 atom stereocenters. The van der Waals surface area contributed by atoms with Crippen molar-refractivity contribution >= 4 is 33.0 Å². The third-order valence-corrected chi connectivity index (χ3v) is 4.59. The number of thiophene rings is 1. The second-order valence-corrected chi connectivity index (χ2v) is 7.33. The van der Waals surface area contributed by atoms with E-state index in [2.05, 4.69) is 27.4 Å². The lowest BCUT2D eigenvalue weighted by atomic mass is 10.0. The summed E-state index contributed by atoms with van der Waals surface area (Å²) in [5, 5.41) is 2.08. The monoisotopic (exact) mass is 356 g/mol. The largest absolute Gasteiger partial charge is 0.368 e. The molecule has 0 radical (unpaired) electrons. The second-order valence-electron chi connectivity index (χ2n) is 5.04. The molecule has 0 aliphatic carbocycles. The van der Waals surface area contributed by atoms with Gasteiger partial charge in [-0.1, -0.05) is 12.1 Å². The minimum absolute atomic E-state index is 0.0132. The fraction of sp³-hybridized carbons (Fsp3) is 0.333. The summed E-state index contributed by atoms with van der Waals surface area (Å²) in [6.45, 7) is 2.61. The zero-order valence-electron chi connectivity index (χ0n) is 11.6. The number of nitrogens with zero attached hydrogens (tertiary/aromatic N) is 1. The van der Waals surface area contributed by atoms with Crippen LogP contribution in [-0.2, 0) is 13.0 Å². The minimum atomic E-state index is -0.194. The van der Waals surface area contributed by atoms with Gasteiger partial charge in [0.2, 0.25) is 0 Å². The number of para-hydroxylation sites is 1. The summed E-state index contributed by atoms with van der Waals surface area (Å²) in [6.07, 6.45) is 0.671. The molecule has 2 rings (SSSR count). The van der Waals surface area contributed by atoms with E-state index in [1.54, 1.807) is 17.4 Å². The van der Waals surface area contributed by atoms with Crippen LogP contribution < -0.4 is 10.6 Å². The van der Waals surface area contributed by atoms with Crippen LogP contribution in [0.25, 0.3) is 0 Å². The quantitative estimate of drug-likeness (QED) is 0.870. The molecular weight excluding hydrogens is 339 g/mol. The highest BCUT2D eigenvalue weighted by Crippen LogP contribution is 2.28. The van der Waals surface area contributed by atoms with E-state index in [-0.39, 0.29) is 11.9 Å². The van der Waals surface area contributed by atoms with Crippen molar-refractivity contribution < 1.29 is 4.39 Å². The van der Waals surface area contributed by atoms with Crippen molar-refractivity contribution in [1.82, 2.24) is 0 Å². The standard InChI is InChI=1S/C15H18BrFN2S/c1-10(18)6-12-4-3-5-13(17)15(12)19(2)8-11-7-14(16)20-9-11/h3-5,7,9-10H,6,8,18H2,1-2H3. The molecule has 2 aromatic rings. The maximum absolute atomic E-state index is 14.2. The van der Waals surface area contributed by atoms with Gasteiger partial charge in [0.25, 0.3) is 0 Å². The molecule has 5 heteroatoms. The maximum Gasteiger partial charge on any atom is 0.146 e. The van der Waals surface area contributed by atoms with Crippen LogP contribution in [0.1, 0.15) is 18.1 Å². The predicted molar refractivity (Wildman–Crippen MR) is 87.9 cm³/mol. The Labute approximate surface area is 131 Å². The van der Waals surface area contributed by atoms with Gasteiger partial charge in [0, 0.05) is 19.6 Å². The van der Waals surface area contributed by atoms with Gasteiger partial charge < -0.3 is 10.6 Å². The molecule has 108 valence electrons. The van der Waals surface area contributed by atoms with Crippen LogP contribution in [0.4, 0.5) is 10.1 Å². The molecular formula is C15H18BrFN2S. The fourth-order valence-corrected chi connectivity index (χ4v) is 3.48. The van der Waals surface area contributed by atoms with E-state index in [1.165, 1.54) is 11.6 Å². The molecule has 1 heterocycles. The summed E-state index contributed by atoms with van der Waals surface area (Å²) in [6, 6.07) is 7.26. The Hall–Kier alpha value is -0.910. The Morgan fingerprint density at radius 2 is 2.20 bits per heavy atom. The topological polar surface area (TPSA) is 29.3 Å².